The minimum absolute atomic E-state index is 0.799. The Labute approximate surface area is 109 Å². The van der Waals surface area contributed by atoms with Crippen molar-refractivity contribution in [2.45, 2.75) is 26.7 Å². The number of aromatic nitrogens is 1. The first-order valence-electron chi connectivity index (χ1n) is 6.65. The second-order valence-corrected chi connectivity index (χ2v) is 4.53. The third-order valence-electron chi connectivity index (χ3n) is 3.33. The molecular formula is C15H21N3. The molecule has 2 N–H and O–H groups in total. The van der Waals surface area contributed by atoms with Crippen molar-refractivity contribution in [3.05, 3.63) is 30.6 Å². The zero-order valence-corrected chi connectivity index (χ0v) is 11.2. The molecule has 1 heterocycles. The van der Waals surface area contributed by atoms with Crippen LogP contribution in [0.1, 0.15) is 26.7 Å². The van der Waals surface area contributed by atoms with Crippen LogP contribution >= 0.6 is 0 Å². The number of nitrogens with two attached hydrogens (primary N) is 1. The molecule has 1 aromatic heterocycles. The van der Waals surface area contributed by atoms with E-state index < -0.39 is 0 Å². The largest absolute Gasteiger partial charge is 0.398 e. The summed E-state index contributed by atoms with van der Waals surface area (Å²) in [5, 5.41) is 2.24. The topological polar surface area (TPSA) is 42.1 Å². The van der Waals surface area contributed by atoms with Crippen molar-refractivity contribution in [3.8, 4) is 0 Å². The summed E-state index contributed by atoms with van der Waals surface area (Å²) in [6, 6.07) is 6.15. The molecular weight excluding hydrogens is 222 g/mol. The molecule has 0 fully saturated rings. The van der Waals surface area contributed by atoms with Gasteiger partial charge in [-0.2, -0.15) is 0 Å². The Balaban J connectivity index is 2.46. The van der Waals surface area contributed by atoms with Crippen LogP contribution in [0.2, 0.25) is 0 Å². The highest BCUT2D eigenvalue weighted by atomic mass is 15.1. The molecule has 2 rings (SSSR count). The van der Waals surface area contributed by atoms with Gasteiger partial charge in [-0.05, 0) is 31.5 Å². The van der Waals surface area contributed by atoms with Crippen molar-refractivity contribution in [3.63, 3.8) is 0 Å². The minimum Gasteiger partial charge on any atom is -0.398 e. The van der Waals surface area contributed by atoms with Crippen LogP contribution in [0.25, 0.3) is 10.8 Å². The quantitative estimate of drug-likeness (QED) is 0.818. The summed E-state index contributed by atoms with van der Waals surface area (Å²) in [5.74, 6) is 0. The second kappa shape index (κ2) is 5.71. The van der Waals surface area contributed by atoms with Gasteiger partial charge in [0, 0.05) is 47.6 Å². The van der Waals surface area contributed by atoms with E-state index in [2.05, 4.69) is 35.9 Å². The lowest BCUT2D eigenvalue weighted by molar-refractivity contribution is 0.734. The van der Waals surface area contributed by atoms with E-state index in [1.165, 1.54) is 23.9 Å². The van der Waals surface area contributed by atoms with Crippen LogP contribution in [0.3, 0.4) is 0 Å². The number of pyridine rings is 1. The molecule has 0 saturated heterocycles. The van der Waals surface area contributed by atoms with E-state index in [0.717, 1.165) is 24.2 Å². The fraction of sp³-hybridized carbons (Fsp3) is 0.400. The fourth-order valence-corrected chi connectivity index (χ4v) is 2.27. The van der Waals surface area contributed by atoms with Gasteiger partial charge in [-0.15, -0.1) is 0 Å². The normalized spacial score (nSPS) is 10.8. The van der Waals surface area contributed by atoms with Gasteiger partial charge in [0.2, 0.25) is 0 Å². The van der Waals surface area contributed by atoms with Gasteiger partial charge in [0.25, 0.3) is 0 Å². The van der Waals surface area contributed by atoms with Gasteiger partial charge in [0.05, 0.1) is 0 Å². The SMILES string of the molecule is CCCCN(CC)c1ccc(N)c2cnccc12. The van der Waals surface area contributed by atoms with Crippen molar-refractivity contribution >= 4 is 22.1 Å². The van der Waals surface area contributed by atoms with E-state index in [-0.39, 0.29) is 0 Å². The lowest BCUT2D eigenvalue weighted by atomic mass is 10.1. The summed E-state index contributed by atoms with van der Waals surface area (Å²) in [4.78, 5) is 6.57. The van der Waals surface area contributed by atoms with Crippen molar-refractivity contribution in [1.82, 2.24) is 4.98 Å². The first kappa shape index (κ1) is 12.7. The molecule has 18 heavy (non-hydrogen) atoms. The van der Waals surface area contributed by atoms with E-state index >= 15 is 0 Å². The van der Waals surface area contributed by atoms with Crippen molar-refractivity contribution in [2.24, 2.45) is 0 Å². The molecule has 0 aliphatic rings. The van der Waals surface area contributed by atoms with Crippen LogP contribution in [-0.2, 0) is 0 Å². The predicted octanol–water partition coefficient (Wildman–Crippen LogP) is 3.44. The third kappa shape index (κ3) is 2.40. The molecule has 1 aromatic carbocycles. The van der Waals surface area contributed by atoms with Gasteiger partial charge in [-0.1, -0.05) is 13.3 Å². The first-order valence-corrected chi connectivity index (χ1v) is 6.65. The summed E-state index contributed by atoms with van der Waals surface area (Å²) in [6.07, 6.45) is 6.11. The predicted molar refractivity (Wildman–Crippen MR) is 79.0 cm³/mol. The van der Waals surface area contributed by atoms with Gasteiger partial charge in [0.15, 0.2) is 0 Å². The van der Waals surface area contributed by atoms with E-state index in [1.807, 2.05) is 18.5 Å². The van der Waals surface area contributed by atoms with Crippen molar-refractivity contribution in [1.29, 1.82) is 0 Å². The summed E-state index contributed by atoms with van der Waals surface area (Å²) in [5.41, 5.74) is 8.07. The number of rotatable bonds is 5. The van der Waals surface area contributed by atoms with Crippen LogP contribution in [0.15, 0.2) is 30.6 Å². The maximum absolute atomic E-state index is 6.01. The maximum Gasteiger partial charge on any atom is 0.0448 e. The fourth-order valence-electron chi connectivity index (χ4n) is 2.27. The Bertz CT molecular complexity index is 522. The van der Waals surface area contributed by atoms with Crippen LogP contribution < -0.4 is 10.6 Å². The highest BCUT2D eigenvalue weighted by Crippen LogP contribution is 2.30. The zero-order valence-electron chi connectivity index (χ0n) is 11.2. The summed E-state index contributed by atoms with van der Waals surface area (Å²) in [6.45, 7) is 6.52. The number of hydrogen-bond donors (Lipinski definition) is 1. The monoisotopic (exact) mass is 243 g/mol. The van der Waals surface area contributed by atoms with Crippen LogP contribution in [0.4, 0.5) is 11.4 Å². The Morgan fingerprint density at radius 1 is 1.17 bits per heavy atom. The van der Waals surface area contributed by atoms with Crippen LogP contribution in [-0.4, -0.2) is 18.1 Å². The molecule has 0 unspecified atom stereocenters. The number of nitrogens with zero attached hydrogens (tertiary/aromatic N) is 2. The van der Waals surface area contributed by atoms with Crippen molar-refractivity contribution in [2.75, 3.05) is 23.7 Å². The zero-order chi connectivity index (χ0) is 13.0. The summed E-state index contributed by atoms with van der Waals surface area (Å²) >= 11 is 0. The molecule has 0 saturated carbocycles. The minimum atomic E-state index is 0.799. The Hall–Kier alpha value is -1.77. The summed E-state index contributed by atoms with van der Waals surface area (Å²) < 4.78 is 0. The number of benzene rings is 1. The Morgan fingerprint density at radius 2 is 2.00 bits per heavy atom. The number of fused-ring (bicyclic) bond motifs is 1. The lowest BCUT2D eigenvalue weighted by Crippen LogP contribution is -2.24. The van der Waals surface area contributed by atoms with Gasteiger partial charge >= 0.3 is 0 Å². The van der Waals surface area contributed by atoms with Crippen molar-refractivity contribution < 1.29 is 0 Å². The molecule has 96 valence electrons. The molecule has 0 aliphatic heterocycles. The van der Waals surface area contributed by atoms with Crippen LogP contribution in [0, 0.1) is 0 Å². The highest BCUT2D eigenvalue weighted by molar-refractivity contribution is 6.00. The summed E-state index contributed by atoms with van der Waals surface area (Å²) in [7, 11) is 0. The van der Waals surface area contributed by atoms with E-state index in [0.29, 0.717) is 0 Å². The number of nitrogen functional groups attached to an aromatic ring is 1. The van der Waals surface area contributed by atoms with E-state index in [4.69, 9.17) is 5.73 Å². The first-order chi connectivity index (χ1) is 8.77. The van der Waals surface area contributed by atoms with E-state index in [1.54, 1.807) is 0 Å². The van der Waals surface area contributed by atoms with Crippen LogP contribution in [0.5, 0.6) is 0 Å². The average molecular weight is 243 g/mol. The molecule has 0 aliphatic carbocycles. The molecule has 0 radical (unpaired) electrons. The lowest BCUT2D eigenvalue weighted by Gasteiger charge is -2.24. The van der Waals surface area contributed by atoms with Gasteiger partial charge in [-0.25, -0.2) is 0 Å². The Kier molecular flexibility index (Phi) is 4.03. The average Bonchev–Trinajstić information content (AvgIpc) is 2.42. The molecule has 3 heteroatoms. The molecule has 0 amide bonds. The van der Waals surface area contributed by atoms with E-state index in [9.17, 15) is 0 Å². The molecule has 2 aromatic rings. The number of unbranched alkanes of at least 4 members (excludes halogenated alkanes) is 1. The van der Waals surface area contributed by atoms with Gasteiger partial charge in [0.1, 0.15) is 0 Å². The van der Waals surface area contributed by atoms with Gasteiger partial charge in [-0.3, -0.25) is 4.98 Å². The third-order valence-corrected chi connectivity index (χ3v) is 3.33. The molecule has 0 bridgehead atoms. The Morgan fingerprint density at radius 3 is 2.72 bits per heavy atom. The molecule has 3 nitrogen and oxygen atoms in total. The van der Waals surface area contributed by atoms with Gasteiger partial charge < -0.3 is 10.6 Å². The second-order valence-electron chi connectivity index (χ2n) is 4.53. The molecule has 0 spiro atoms. The highest BCUT2D eigenvalue weighted by Gasteiger charge is 2.09. The number of anilines is 2. The standard InChI is InChI=1S/C15H21N3/c1-3-5-10-18(4-2)15-7-6-14(16)13-11-17-9-8-12(13)15/h6-9,11H,3-5,10,16H2,1-2H3. The molecule has 0 atom stereocenters. The smallest absolute Gasteiger partial charge is 0.0448 e. The number of hydrogen-bond acceptors (Lipinski definition) is 3. The maximum atomic E-state index is 6.01.